The van der Waals surface area contributed by atoms with Crippen LogP contribution in [-0.4, -0.2) is 41.0 Å². The van der Waals surface area contributed by atoms with Crippen molar-refractivity contribution in [1.82, 2.24) is 15.2 Å². The Morgan fingerprint density at radius 1 is 1.33 bits per heavy atom. The van der Waals surface area contributed by atoms with Crippen LogP contribution >= 0.6 is 46.0 Å². The van der Waals surface area contributed by atoms with Gasteiger partial charge in [0.15, 0.2) is 4.47 Å². The Morgan fingerprint density at radius 2 is 2.12 bits per heavy atom. The highest BCUT2D eigenvalue weighted by molar-refractivity contribution is 8.02. The molecule has 5 rings (SSSR count). The first kappa shape index (κ1) is 16.8. The number of fused-ring (bicyclic) bond motifs is 3. The van der Waals surface area contributed by atoms with Gasteiger partial charge in [-0.2, -0.15) is 0 Å². The van der Waals surface area contributed by atoms with E-state index in [4.69, 9.17) is 11.6 Å². The molecule has 0 spiro atoms. The predicted molar refractivity (Wildman–Crippen MR) is 101 cm³/mol. The number of hydrogen-bond donors (Lipinski definition) is 1. The smallest absolute Gasteiger partial charge is 0.261 e. The van der Waals surface area contributed by atoms with Gasteiger partial charge in [-0.3, -0.25) is 9.69 Å². The van der Waals surface area contributed by atoms with E-state index in [0.717, 1.165) is 13.3 Å². The molecule has 3 fully saturated rings. The number of halogens is 1. The molecule has 3 aliphatic heterocycles. The number of piperidine rings is 3. The van der Waals surface area contributed by atoms with Crippen molar-refractivity contribution in [3.8, 4) is 0 Å². The Bertz CT molecular complexity index is 737. The zero-order valence-corrected chi connectivity index (χ0v) is 16.4. The second-order valence-electron chi connectivity index (χ2n) is 6.27. The number of nitrogens with zero attached hydrogens (tertiary/aromatic N) is 2. The van der Waals surface area contributed by atoms with Crippen molar-refractivity contribution in [2.24, 2.45) is 5.92 Å². The van der Waals surface area contributed by atoms with Crippen LogP contribution in [0.15, 0.2) is 26.7 Å². The maximum Gasteiger partial charge on any atom is 0.261 e. The summed E-state index contributed by atoms with van der Waals surface area (Å²) in [5.74, 6) is 0.682. The fourth-order valence-corrected chi connectivity index (χ4v) is 7.08. The number of rotatable bonds is 4. The normalized spacial score (nSPS) is 28.9. The minimum absolute atomic E-state index is 0.0554. The van der Waals surface area contributed by atoms with Crippen LogP contribution in [0.25, 0.3) is 0 Å². The molecule has 2 unspecified atom stereocenters. The van der Waals surface area contributed by atoms with Gasteiger partial charge in [-0.25, -0.2) is 4.98 Å². The number of amides is 1. The fourth-order valence-electron chi connectivity index (χ4n) is 3.65. The van der Waals surface area contributed by atoms with Crippen molar-refractivity contribution < 1.29 is 4.79 Å². The van der Waals surface area contributed by atoms with Gasteiger partial charge in [0.1, 0.15) is 0 Å². The molecule has 2 bridgehead atoms. The largest absolute Gasteiger partial charge is 0.347 e. The van der Waals surface area contributed by atoms with Crippen molar-refractivity contribution in [2.45, 2.75) is 40.3 Å². The summed E-state index contributed by atoms with van der Waals surface area (Å²) in [6, 6.07) is 4.63. The molecule has 2 atom stereocenters. The summed E-state index contributed by atoms with van der Waals surface area (Å²) in [6.07, 6.45) is 4.17. The zero-order valence-electron chi connectivity index (χ0n) is 13.2. The molecule has 3 saturated heterocycles. The van der Waals surface area contributed by atoms with Gasteiger partial charge in [0.2, 0.25) is 0 Å². The summed E-state index contributed by atoms with van der Waals surface area (Å²) in [5, 5.41) is 3.29. The molecule has 5 heterocycles. The minimum atomic E-state index is 0.0554. The highest BCUT2D eigenvalue weighted by Gasteiger charge is 2.40. The summed E-state index contributed by atoms with van der Waals surface area (Å²) in [6.45, 7) is 4.59. The molecular weight excluding hydrogens is 382 g/mol. The lowest BCUT2D eigenvalue weighted by molar-refractivity contribution is 0.0218. The number of carbonyl (C=O) groups is 1. The number of thiophene rings is 1. The summed E-state index contributed by atoms with van der Waals surface area (Å²) in [5.41, 5.74) is 0. The van der Waals surface area contributed by atoms with E-state index in [-0.39, 0.29) is 11.9 Å². The molecule has 0 aliphatic carbocycles. The predicted octanol–water partition coefficient (Wildman–Crippen LogP) is 4.22. The average molecular weight is 400 g/mol. The lowest BCUT2D eigenvalue weighted by Gasteiger charge is -2.49. The third kappa shape index (κ3) is 3.37. The van der Waals surface area contributed by atoms with Gasteiger partial charge >= 0.3 is 0 Å². The molecule has 2 aromatic heterocycles. The van der Waals surface area contributed by atoms with Gasteiger partial charge in [0, 0.05) is 12.1 Å². The summed E-state index contributed by atoms with van der Waals surface area (Å²) in [4.78, 5) is 20.0. The molecule has 3 aliphatic rings. The summed E-state index contributed by atoms with van der Waals surface area (Å²) in [7, 11) is 0. The molecule has 0 saturated carbocycles. The Balaban J connectivity index is 1.41. The molecule has 8 heteroatoms. The molecule has 0 radical (unpaired) electrons. The lowest BCUT2D eigenvalue weighted by atomic mass is 9.79. The third-order valence-electron chi connectivity index (χ3n) is 4.94. The number of thiazole rings is 1. The first-order valence-electron chi connectivity index (χ1n) is 8.04. The standard InChI is InChI=1S/C16H18ClN3OS3/c1-9-14(10-4-6-20(9)7-5-10)19-15(21)11-2-3-12(22-11)23-13-8-18-16(17)24-13/h2-3,8-10,14H,4-7H2,1H3,(H,19,21). The van der Waals surface area contributed by atoms with E-state index in [1.807, 2.05) is 12.1 Å². The summed E-state index contributed by atoms with van der Waals surface area (Å²) < 4.78 is 2.67. The number of hydrogen-bond acceptors (Lipinski definition) is 6. The maximum atomic E-state index is 12.6. The number of aromatic nitrogens is 1. The zero-order chi connectivity index (χ0) is 16.7. The highest BCUT2D eigenvalue weighted by Crippen LogP contribution is 2.38. The van der Waals surface area contributed by atoms with E-state index >= 15 is 0 Å². The van der Waals surface area contributed by atoms with E-state index in [1.165, 1.54) is 48.6 Å². The van der Waals surface area contributed by atoms with Crippen LogP contribution in [-0.2, 0) is 0 Å². The molecule has 1 amide bonds. The van der Waals surface area contributed by atoms with Gasteiger partial charge in [0.05, 0.1) is 19.5 Å². The van der Waals surface area contributed by atoms with Gasteiger partial charge in [-0.1, -0.05) is 34.7 Å². The van der Waals surface area contributed by atoms with Crippen molar-refractivity contribution in [3.05, 3.63) is 27.7 Å². The van der Waals surface area contributed by atoms with Crippen LogP contribution in [0.5, 0.6) is 0 Å². The van der Waals surface area contributed by atoms with E-state index in [1.54, 1.807) is 18.0 Å². The average Bonchev–Trinajstić information content (AvgIpc) is 3.21. The van der Waals surface area contributed by atoms with Crippen LogP contribution in [0.3, 0.4) is 0 Å². The van der Waals surface area contributed by atoms with Gasteiger partial charge in [0.25, 0.3) is 5.91 Å². The molecule has 2 aromatic rings. The topological polar surface area (TPSA) is 45.2 Å². The molecule has 4 nitrogen and oxygen atoms in total. The molecule has 0 aromatic carbocycles. The SMILES string of the molecule is CC1C(NC(=O)c2ccc(Sc3cnc(Cl)s3)s2)C2CCN1CC2. The van der Waals surface area contributed by atoms with Gasteiger partial charge < -0.3 is 5.32 Å². The summed E-state index contributed by atoms with van der Waals surface area (Å²) >= 11 is 10.5. The Hall–Kier alpha value is -0.600. The first-order valence-corrected chi connectivity index (χ1v) is 10.9. The second-order valence-corrected chi connectivity index (χ2v) is 10.6. The maximum absolute atomic E-state index is 12.6. The van der Waals surface area contributed by atoms with E-state index in [0.29, 0.717) is 16.4 Å². The van der Waals surface area contributed by atoms with E-state index in [9.17, 15) is 4.79 Å². The monoisotopic (exact) mass is 399 g/mol. The highest BCUT2D eigenvalue weighted by atomic mass is 35.5. The molecular formula is C16H18ClN3OS3. The molecule has 128 valence electrons. The lowest BCUT2D eigenvalue weighted by Crippen LogP contribution is -2.62. The van der Waals surface area contributed by atoms with Crippen LogP contribution in [0, 0.1) is 5.92 Å². The van der Waals surface area contributed by atoms with Crippen LogP contribution in [0.4, 0.5) is 0 Å². The van der Waals surface area contributed by atoms with Crippen molar-refractivity contribution >= 4 is 51.9 Å². The molecule has 1 N–H and O–H groups in total. The van der Waals surface area contributed by atoms with E-state index in [2.05, 4.69) is 22.1 Å². The Kier molecular flexibility index (Phi) is 4.88. The van der Waals surface area contributed by atoms with Crippen LogP contribution in [0.2, 0.25) is 4.47 Å². The second kappa shape index (κ2) is 6.96. The van der Waals surface area contributed by atoms with Crippen molar-refractivity contribution in [1.29, 1.82) is 0 Å². The Labute approximate surface area is 158 Å². The van der Waals surface area contributed by atoms with Gasteiger partial charge in [-0.05, 0) is 50.9 Å². The number of nitrogens with one attached hydrogen (secondary N) is 1. The van der Waals surface area contributed by atoms with Crippen LogP contribution in [0.1, 0.15) is 29.4 Å². The fraction of sp³-hybridized carbons (Fsp3) is 0.500. The first-order chi connectivity index (χ1) is 11.6. The third-order valence-corrected chi connectivity index (χ3v) is 8.37. The molecule has 24 heavy (non-hydrogen) atoms. The van der Waals surface area contributed by atoms with Crippen molar-refractivity contribution in [3.63, 3.8) is 0 Å². The van der Waals surface area contributed by atoms with Crippen molar-refractivity contribution in [2.75, 3.05) is 13.1 Å². The van der Waals surface area contributed by atoms with Crippen LogP contribution < -0.4 is 5.32 Å². The van der Waals surface area contributed by atoms with Gasteiger partial charge in [-0.15, -0.1) is 11.3 Å². The quantitative estimate of drug-likeness (QED) is 0.835. The van der Waals surface area contributed by atoms with E-state index < -0.39 is 0 Å². The number of carbonyl (C=O) groups excluding carboxylic acids is 1. The Morgan fingerprint density at radius 3 is 2.79 bits per heavy atom. The minimum Gasteiger partial charge on any atom is -0.347 e.